The van der Waals surface area contributed by atoms with Gasteiger partial charge in [0, 0.05) is 0 Å². The van der Waals surface area contributed by atoms with Crippen molar-refractivity contribution < 1.29 is 24.2 Å². The van der Waals surface area contributed by atoms with Gasteiger partial charge in [0.2, 0.25) is 0 Å². The zero-order valence-electron chi connectivity index (χ0n) is 12.9. The second-order valence-electron chi connectivity index (χ2n) is 5.64. The van der Waals surface area contributed by atoms with Gasteiger partial charge in [-0.3, -0.25) is 0 Å². The largest absolute Gasteiger partial charge is 0.508 e. The van der Waals surface area contributed by atoms with E-state index in [4.69, 9.17) is 9.47 Å². The van der Waals surface area contributed by atoms with Gasteiger partial charge < -0.3 is 19.9 Å². The second kappa shape index (κ2) is 6.47. The number of methoxy groups -OCH3 is 1. The number of carbonyl (C=O) groups excluding carboxylic acids is 2. The van der Waals surface area contributed by atoms with Crippen LogP contribution in [-0.4, -0.2) is 29.9 Å². The van der Waals surface area contributed by atoms with E-state index in [2.05, 4.69) is 5.32 Å². The number of esters is 1. The van der Waals surface area contributed by atoms with Crippen LogP contribution >= 0.6 is 0 Å². The number of nitrogens with one attached hydrogen (secondary N) is 1. The van der Waals surface area contributed by atoms with Gasteiger partial charge in [-0.2, -0.15) is 0 Å². The van der Waals surface area contributed by atoms with Crippen molar-refractivity contribution in [2.75, 3.05) is 7.11 Å². The van der Waals surface area contributed by atoms with Crippen LogP contribution in [0.3, 0.4) is 0 Å². The molecule has 0 saturated heterocycles. The number of aryl methyl sites for hydroxylation is 1. The highest BCUT2D eigenvalue weighted by atomic mass is 16.6. The number of phenolic OH excluding ortho intramolecular Hbond substituents is 1. The van der Waals surface area contributed by atoms with Crippen LogP contribution in [0.25, 0.3) is 0 Å². The van der Waals surface area contributed by atoms with E-state index in [9.17, 15) is 14.7 Å². The van der Waals surface area contributed by atoms with Crippen molar-refractivity contribution in [1.82, 2.24) is 5.32 Å². The Morgan fingerprint density at radius 1 is 1.29 bits per heavy atom. The van der Waals surface area contributed by atoms with Crippen LogP contribution in [0.4, 0.5) is 4.79 Å². The van der Waals surface area contributed by atoms with Crippen LogP contribution in [0, 0.1) is 6.92 Å². The Bertz CT molecular complexity index is 533. The van der Waals surface area contributed by atoms with Crippen molar-refractivity contribution in [2.24, 2.45) is 0 Å². The highest BCUT2D eigenvalue weighted by molar-refractivity contribution is 5.83. The number of alkyl carbamates (subject to hydrolysis) is 1. The molecule has 0 saturated carbocycles. The van der Waals surface area contributed by atoms with E-state index in [1.165, 1.54) is 19.2 Å². The molecule has 116 valence electrons. The molecule has 0 bridgehead atoms. The molecule has 6 heteroatoms. The summed E-state index contributed by atoms with van der Waals surface area (Å²) in [4.78, 5) is 23.7. The molecule has 0 fully saturated rings. The summed E-state index contributed by atoms with van der Waals surface area (Å²) >= 11 is 0. The average molecular weight is 295 g/mol. The molecule has 2 N–H and O–H groups in total. The zero-order valence-corrected chi connectivity index (χ0v) is 12.9. The Morgan fingerprint density at radius 3 is 2.38 bits per heavy atom. The maximum Gasteiger partial charge on any atom is 0.408 e. The average Bonchev–Trinajstić information content (AvgIpc) is 2.33. The van der Waals surface area contributed by atoms with Gasteiger partial charge in [-0.05, 0) is 51.0 Å². The van der Waals surface area contributed by atoms with Crippen molar-refractivity contribution in [2.45, 2.75) is 39.3 Å². The lowest BCUT2D eigenvalue weighted by Crippen LogP contribution is -2.38. The minimum atomic E-state index is -0.995. The number of ether oxygens (including phenoxy) is 2. The van der Waals surface area contributed by atoms with E-state index in [0.717, 1.165) is 0 Å². The summed E-state index contributed by atoms with van der Waals surface area (Å²) in [6.45, 7) is 6.91. The van der Waals surface area contributed by atoms with E-state index in [0.29, 0.717) is 11.1 Å². The first-order chi connectivity index (χ1) is 9.64. The molecule has 1 atom stereocenters. The van der Waals surface area contributed by atoms with Crippen LogP contribution < -0.4 is 5.32 Å². The first-order valence-electron chi connectivity index (χ1n) is 6.51. The fourth-order valence-corrected chi connectivity index (χ4v) is 1.79. The van der Waals surface area contributed by atoms with Crippen molar-refractivity contribution in [3.05, 3.63) is 29.3 Å². The Morgan fingerprint density at radius 2 is 1.90 bits per heavy atom. The number of rotatable bonds is 3. The highest BCUT2D eigenvalue weighted by Gasteiger charge is 2.27. The molecule has 0 aliphatic rings. The lowest BCUT2D eigenvalue weighted by molar-refractivity contribution is -0.143. The molecule has 0 aromatic heterocycles. The van der Waals surface area contributed by atoms with Crippen LogP contribution in [-0.2, 0) is 14.3 Å². The topological polar surface area (TPSA) is 84.9 Å². The van der Waals surface area contributed by atoms with Gasteiger partial charge in [-0.15, -0.1) is 0 Å². The first-order valence-corrected chi connectivity index (χ1v) is 6.51. The third-order valence-electron chi connectivity index (χ3n) is 2.66. The summed E-state index contributed by atoms with van der Waals surface area (Å²) in [6.07, 6.45) is -0.717. The molecule has 1 amide bonds. The van der Waals surface area contributed by atoms with Crippen LogP contribution in [0.5, 0.6) is 5.75 Å². The lowest BCUT2D eigenvalue weighted by atomic mass is 10.0. The highest BCUT2D eigenvalue weighted by Crippen LogP contribution is 2.23. The third-order valence-corrected chi connectivity index (χ3v) is 2.66. The summed E-state index contributed by atoms with van der Waals surface area (Å²) in [6, 6.07) is 3.51. The van der Waals surface area contributed by atoms with Crippen molar-refractivity contribution in [3.63, 3.8) is 0 Å². The second-order valence-corrected chi connectivity index (χ2v) is 5.64. The summed E-state index contributed by atoms with van der Waals surface area (Å²) in [5.41, 5.74) is 0.515. The van der Waals surface area contributed by atoms with Gasteiger partial charge in [-0.1, -0.05) is 6.07 Å². The molecule has 0 aliphatic carbocycles. The normalized spacial score (nSPS) is 12.4. The number of hydrogen-bond acceptors (Lipinski definition) is 5. The molecular weight excluding hydrogens is 274 g/mol. The Balaban J connectivity index is 3.01. The molecule has 1 rings (SSSR count). The van der Waals surface area contributed by atoms with E-state index in [1.54, 1.807) is 33.8 Å². The minimum Gasteiger partial charge on any atom is -0.508 e. The Hall–Kier alpha value is -2.24. The van der Waals surface area contributed by atoms with Gasteiger partial charge in [0.1, 0.15) is 11.4 Å². The molecule has 0 unspecified atom stereocenters. The number of aromatic hydroxyl groups is 1. The lowest BCUT2D eigenvalue weighted by Gasteiger charge is -2.23. The summed E-state index contributed by atoms with van der Waals surface area (Å²) in [5, 5.41) is 11.9. The van der Waals surface area contributed by atoms with Gasteiger partial charge in [0.15, 0.2) is 6.04 Å². The molecular formula is C15H21NO5. The SMILES string of the molecule is COC(=O)[C@@H](NC(=O)OC(C)(C)C)c1ccc(O)cc1C. The van der Waals surface area contributed by atoms with Crippen molar-refractivity contribution >= 4 is 12.1 Å². The number of carbonyl (C=O) groups is 2. The monoisotopic (exact) mass is 295 g/mol. The van der Waals surface area contributed by atoms with Gasteiger partial charge in [-0.25, -0.2) is 9.59 Å². The standard InChI is InChI=1S/C15H21NO5/c1-9-8-10(17)6-7-11(9)12(13(18)20-5)16-14(19)21-15(2,3)4/h6-8,12,17H,1-5H3,(H,16,19)/t12-/m0/s1. The van der Waals surface area contributed by atoms with Gasteiger partial charge in [0.25, 0.3) is 0 Å². The maximum absolute atomic E-state index is 11.9. The summed E-state index contributed by atoms with van der Waals surface area (Å²) < 4.78 is 9.85. The van der Waals surface area contributed by atoms with Crippen LogP contribution in [0.15, 0.2) is 18.2 Å². The summed E-state index contributed by atoms with van der Waals surface area (Å²) in [7, 11) is 1.24. The molecule has 0 radical (unpaired) electrons. The Labute approximate surface area is 124 Å². The van der Waals surface area contributed by atoms with E-state index < -0.39 is 23.7 Å². The van der Waals surface area contributed by atoms with Crippen molar-refractivity contribution in [1.29, 1.82) is 0 Å². The first kappa shape index (κ1) is 16.8. The van der Waals surface area contributed by atoms with Crippen LogP contribution in [0.1, 0.15) is 37.9 Å². The molecule has 1 aromatic rings. The van der Waals surface area contributed by atoms with E-state index >= 15 is 0 Å². The van der Waals surface area contributed by atoms with Gasteiger partial charge >= 0.3 is 12.1 Å². The van der Waals surface area contributed by atoms with Crippen LogP contribution in [0.2, 0.25) is 0 Å². The molecule has 0 spiro atoms. The number of hydrogen-bond donors (Lipinski definition) is 2. The number of amides is 1. The van der Waals surface area contributed by atoms with Crippen molar-refractivity contribution in [3.8, 4) is 5.75 Å². The molecule has 6 nitrogen and oxygen atoms in total. The predicted octanol–water partition coefficient (Wildman–Crippen LogP) is 2.44. The number of benzene rings is 1. The Kier molecular flexibility index (Phi) is 5.18. The fourth-order valence-electron chi connectivity index (χ4n) is 1.79. The predicted molar refractivity (Wildman–Crippen MR) is 77.0 cm³/mol. The molecule has 0 aliphatic heterocycles. The molecule has 1 aromatic carbocycles. The third kappa shape index (κ3) is 4.98. The molecule has 21 heavy (non-hydrogen) atoms. The quantitative estimate of drug-likeness (QED) is 0.837. The van der Waals surface area contributed by atoms with E-state index in [1.807, 2.05) is 0 Å². The fraction of sp³-hybridized carbons (Fsp3) is 0.467. The molecule has 0 heterocycles. The maximum atomic E-state index is 11.9. The van der Waals surface area contributed by atoms with Gasteiger partial charge in [0.05, 0.1) is 7.11 Å². The smallest absolute Gasteiger partial charge is 0.408 e. The zero-order chi connectivity index (χ0) is 16.2. The minimum absolute atomic E-state index is 0.0807. The van der Waals surface area contributed by atoms with E-state index in [-0.39, 0.29) is 5.75 Å². The number of phenols is 1. The summed E-state index contributed by atoms with van der Waals surface area (Å²) in [5.74, 6) is -0.535.